The zero-order chi connectivity index (χ0) is 13.5. The molecule has 0 aromatic carbocycles. The number of amides is 2. The van der Waals surface area contributed by atoms with Crippen molar-refractivity contribution in [1.82, 2.24) is 9.80 Å². The zero-order valence-corrected chi connectivity index (χ0v) is 10.9. The fraction of sp³-hybridized carbons (Fsp3) is 0.750. The van der Waals surface area contributed by atoms with Crippen LogP contribution in [-0.2, 0) is 9.53 Å². The number of hydrogen-bond donors (Lipinski definition) is 0. The van der Waals surface area contributed by atoms with Crippen LogP contribution < -0.4 is 0 Å². The lowest BCUT2D eigenvalue weighted by Gasteiger charge is -2.34. The molecule has 0 saturated carbocycles. The Morgan fingerprint density at radius 2 is 1.78 bits per heavy atom. The normalized spacial score (nSPS) is 16.9. The smallest absolute Gasteiger partial charge is 0.409 e. The Kier molecular flexibility index (Phi) is 5.43. The van der Waals surface area contributed by atoms with Gasteiger partial charge in [-0.25, -0.2) is 4.79 Å². The van der Waals surface area contributed by atoms with Crippen LogP contribution in [0.5, 0.6) is 0 Å². The highest BCUT2D eigenvalue weighted by Crippen LogP contribution is 2.10. The maximum Gasteiger partial charge on any atom is 0.409 e. The van der Waals surface area contributed by atoms with E-state index < -0.39 is 5.92 Å². The summed E-state index contributed by atoms with van der Waals surface area (Å²) in [6.07, 6.45) is 0.185. The Hall–Kier alpha value is -1.77. The third-order valence-corrected chi connectivity index (χ3v) is 2.98. The van der Waals surface area contributed by atoms with Crippen LogP contribution in [0.1, 0.15) is 20.3 Å². The van der Waals surface area contributed by atoms with E-state index in [2.05, 4.69) is 0 Å². The summed E-state index contributed by atoms with van der Waals surface area (Å²) in [5.41, 5.74) is 0. The summed E-state index contributed by atoms with van der Waals surface area (Å²) in [5, 5.41) is 8.86. The van der Waals surface area contributed by atoms with E-state index in [9.17, 15) is 9.59 Å². The molecule has 100 valence electrons. The molecule has 1 heterocycles. The average molecular weight is 253 g/mol. The van der Waals surface area contributed by atoms with E-state index in [4.69, 9.17) is 10.00 Å². The fourth-order valence-electron chi connectivity index (χ4n) is 1.87. The Morgan fingerprint density at radius 3 is 2.22 bits per heavy atom. The Morgan fingerprint density at radius 1 is 1.22 bits per heavy atom. The number of hydrogen-bond acceptors (Lipinski definition) is 4. The van der Waals surface area contributed by atoms with Gasteiger partial charge in [0.15, 0.2) is 0 Å². The SMILES string of the molecule is CCOC(=O)N1CCN(C(=O)C(C#N)CC)CC1. The Balaban J connectivity index is 2.47. The molecule has 0 aromatic heterocycles. The van der Waals surface area contributed by atoms with Gasteiger partial charge in [-0.05, 0) is 13.3 Å². The minimum atomic E-state index is -0.570. The van der Waals surface area contributed by atoms with Gasteiger partial charge in [0.05, 0.1) is 12.7 Å². The molecule has 6 heteroatoms. The summed E-state index contributed by atoms with van der Waals surface area (Å²) in [6, 6.07) is 2.01. The molecule has 0 N–H and O–H groups in total. The third kappa shape index (κ3) is 3.36. The number of piperazine rings is 1. The molecule has 2 amide bonds. The van der Waals surface area contributed by atoms with Crippen molar-refractivity contribution in [1.29, 1.82) is 5.26 Å². The largest absolute Gasteiger partial charge is 0.450 e. The maximum absolute atomic E-state index is 11.9. The minimum absolute atomic E-state index is 0.136. The van der Waals surface area contributed by atoms with E-state index in [0.717, 1.165) is 0 Å². The highest BCUT2D eigenvalue weighted by Gasteiger charge is 2.28. The number of ether oxygens (including phenoxy) is 1. The molecular weight excluding hydrogens is 234 g/mol. The zero-order valence-electron chi connectivity index (χ0n) is 10.9. The van der Waals surface area contributed by atoms with Crippen molar-refractivity contribution in [2.24, 2.45) is 5.92 Å². The molecule has 0 bridgehead atoms. The summed E-state index contributed by atoms with van der Waals surface area (Å²) in [5.74, 6) is -0.706. The molecule has 0 radical (unpaired) electrons. The lowest BCUT2D eigenvalue weighted by atomic mass is 10.1. The van der Waals surface area contributed by atoms with Crippen LogP contribution in [0.3, 0.4) is 0 Å². The Labute approximate surface area is 107 Å². The predicted octanol–water partition coefficient (Wildman–Crippen LogP) is 0.837. The number of rotatable bonds is 3. The first-order valence-electron chi connectivity index (χ1n) is 6.24. The van der Waals surface area contributed by atoms with Crippen LogP contribution in [0.25, 0.3) is 0 Å². The monoisotopic (exact) mass is 253 g/mol. The summed E-state index contributed by atoms with van der Waals surface area (Å²) < 4.78 is 4.90. The fourth-order valence-corrected chi connectivity index (χ4v) is 1.87. The van der Waals surface area contributed by atoms with Gasteiger partial charge in [-0.1, -0.05) is 6.92 Å². The van der Waals surface area contributed by atoms with Gasteiger partial charge in [0.1, 0.15) is 5.92 Å². The van der Waals surface area contributed by atoms with Crippen LogP contribution in [0.4, 0.5) is 4.79 Å². The standard InChI is InChI=1S/C12H19N3O3/c1-3-10(9-13)11(16)14-5-7-15(8-6-14)12(17)18-4-2/h10H,3-8H2,1-2H3. The molecule has 18 heavy (non-hydrogen) atoms. The van der Waals surface area contributed by atoms with Gasteiger partial charge in [0, 0.05) is 26.2 Å². The molecule has 1 rings (SSSR count). The minimum Gasteiger partial charge on any atom is -0.450 e. The molecule has 0 spiro atoms. The second-order valence-electron chi connectivity index (χ2n) is 4.10. The van der Waals surface area contributed by atoms with Gasteiger partial charge >= 0.3 is 6.09 Å². The van der Waals surface area contributed by atoms with E-state index in [1.54, 1.807) is 16.7 Å². The molecule has 1 aliphatic heterocycles. The average Bonchev–Trinajstić information content (AvgIpc) is 2.40. The third-order valence-electron chi connectivity index (χ3n) is 2.98. The molecule has 6 nitrogen and oxygen atoms in total. The first kappa shape index (κ1) is 14.3. The summed E-state index contributed by atoms with van der Waals surface area (Å²) in [4.78, 5) is 26.6. The van der Waals surface area contributed by atoms with Crippen molar-refractivity contribution in [2.45, 2.75) is 20.3 Å². The van der Waals surface area contributed by atoms with Crippen LogP contribution in [0, 0.1) is 17.2 Å². The topological polar surface area (TPSA) is 73.6 Å². The van der Waals surface area contributed by atoms with E-state index in [1.165, 1.54) is 0 Å². The second-order valence-corrected chi connectivity index (χ2v) is 4.10. The van der Waals surface area contributed by atoms with Crippen molar-refractivity contribution in [3.63, 3.8) is 0 Å². The first-order valence-corrected chi connectivity index (χ1v) is 6.24. The van der Waals surface area contributed by atoms with E-state index in [-0.39, 0.29) is 12.0 Å². The van der Waals surface area contributed by atoms with Gasteiger partial charge in [0.2, 0.25) is 5.91 Å². The number of carbonyl (C=O) groups excluding carboxylic acids is 2. The number of nitriles is 1. The quantitative estimate of drug-likeness (QED) is 0.747. The molecule has 0 aliphatic carbocycles. The van der Waals surface area contributed by atoms with Gasteiger partial charge in [-0.15, -0.1) is 0 Å². The van der Waals surface area contributed by atoms with Crippen molar-refractivity contribution in [2.75, 3.05) is 32.8 Å². The maximum atomic E-state index is 11.9. The van der Waals surface area contributed by atoms with E-state index in [1.807, 2.05) is 13.0 Å². The van der Waals surface area contributed by atoms with Crippen LogP contribution in [0.2, 0.25) is 0 Å². The summed E-state index contributed by atoms with van der Waals surface area (Å²) in [7, 11) is 0. The molecule has 1 saturated heterocycles. The highest BCUT2D eigenvalue weighted by molar-refractivity contribution is 5.81. The van der Waals surface area contributed by atoms with Crippen LogP contribution in [0.15, 0.2) is 0 Å². The lowest BCUT2D eigenvalue weighted by Crippen LogP contribution is -2.51. The van der Waals surface area contributed by atoms with E-state index >= 15 is 0 Å². The van der Waals surface area contributed by atoms with E-state index in [0.29, 0.717) is 39.2 Å². The van der Waals surface area contributed by atoms with Gasteiger partial charge in [-0.3, -0.25) is 4.79 Å². The predicted molar refractivity (Wildman–Crippen MR) is 64.6 cm³/mol. The number of nitrogens with zero attached hydrogens (tertiary/aromatic N) is 3. The van der Waals surface area contributed by atoms with Gasteiger partial charge in [-0.2, -0.15) is 5.26 Å². The van der Waals surface area contributed by atoms with Crippen molar-refractivity contribution in [3.8, 4) is 6.07 Å². The Bertz CT molecular complexity index is 343. The summed E-state index contributed by atoms with van der Waals surface area (Å²) >= 11 is 0. The lowest BCUT2D eigenvalue weighted by molar-refractivity contribution is -0.135. The van der Waals surface area contributed by atoms with Crippen LogP contribution in [-0.4, -0.2) is 54.6 Å². The highest BCUT2D eigenvalue weighted by atomic mass is 16.6. The van der Waals surface area contributed by atoms with Gasteiger partial charge in [0.25, 0.3) is 0 Å². The number of carbonyl (C=O) groups is 2. The first-order chi connectivity index (χ1) is 8.63. The molecule has 1 unspecified atom stereocenters. The summed E-state index contributed by atoms with van der Waals surface area (Å²) in [6.45, 7) is 5.80. The van der Waals surface area contributed by atoms with Gasteiger partial charge < -0.3 is 14.5 Å². The van der Waals surface area contributed by atoms with Crippen molar-refractivity contribution >= 4 is 12.0 Å². The van der Waals surface area contributed by atoms with Crippen molar-refractivity contribution < 1.29 is 14.3 Å². The van der Waals surface area contributed by atoms with Crippen LogP contribution >= 0.6 is 0 Å². The van der Waals surface area contributed by atoms with Crippen molar-refractivity contribution in [3.05, 3.63) is 0 Å². The molecule has 1 fully saturated rings. The molecule has 1 atom stereocenters. The molecular formula is C12H19N3O3. The molecule has 1 aliphatic rings. The molecule has 0 aromatic rings. The second kappa shape index (κ2) is 6.84.